The van der Waals surface area contributed by atoms with Crippen molar-refractivity contribution in [1.82, 2.24) is 9.13 Å². The molecule has 6 rings (SSSR count). The molecule has 0 radical (unpaired) electrons. The van der Waals surface area contributed by atoms with Gasteiger partial charge in [-0.2, -0.15) is 0 Å². The maximum Gasteiger partial charge on any atom is 0.123 e. The minimum Gasteiger partial charge on any atom is -0.343 e. The van der Waals surface area contributed by atoms with Crippen LogP contribution in [0.4, 0.5) is 4.39 Å². The minimum atomic E-state index is -0.203. The van der Waals surface area contributed by atoms with Crippen molar-refractivity contribution in [3.05, 3.63) is 132 Å². The minimum absolute atomic E-state index is 0.203. The lowest BCUT2D eigenvalue weighted by Crippen LogP contribution is -1.98. The summed E-state index contributed by atoms with van der Waals surface area (Å²) in [6.45, 7) is 1.57. The van der Waals surface area contributed by atoms with Gasteiger partial charge in [0.15, 0.2) is 0 Å². The van der Waals surface area contributed by atoms with Gasteiger partial charge in [-0.1, -0.05) is 66.7 Å². The predicted molar refractivity (Wildman–Crippen MR) is 134 cm³/mol. The second kappa shape index (κ2) is 8.10. The van der Waals surface area contributed by atoms with Gasteiger partial charge in [0, 0.05) is 36.5 Å². The first-order valence-corrected chi connectivity index (χ1v) is 11.2. The average molecular weight is 431 g/mol. The third kappa shape index (κ3) is 3.83. The summed E-state index contributed by atoms with van der Waals surface area (Å²) in [5.74, 6) is -0.203. The summed E-state index contributed by atoms with van der Waals surface area (Å²) in [7, 11) is 0. The molecule has 0 bridgehead atoms. The molecule has 2 heterocycles. The third-order valence-electron chi connectivity index (χ3n) is 6.34. The molecule has 0 spiro atoms. The average Bonchev–Trinajstić information content (AvgIpc) is 3.44. The van der Waals surface area contributed by atoms with E-state index in [2.05, 4.69) is 100 Å². The zero-order valence-corrected chi connectivity index (χ0v) is 18.2. The van der Waals surface area contributed by atoms with Gasteiger partial charge in [0.05, 0.1) is 0 Å². The second-order valence-electron chi connectivity index (χ2n) is 8.55. The van der Waals surface area contributed by atoms with Gasteiger partial charge in [-0.05, 0) is 69.4 Å². The number of fused-ring (bicyclic) bond motifs is 2. The van der Waals surface area contributed by atoms with Crippen molar-refractivity contribution in [3.63, 3.8) is 0 Å². The highest BCUT2D eigenvalue weighted by molar-refractivity contribution is 5.89. The van der Waals surface area contributed by atoms with E-state index in [1.807, 2.05) is 12.1 Å². The van der Waals surface area contributed by atoms with Crippen molar-refractivity contribution in [2.75, 3.05) is 0 Å². The van der Waals surface area contributed by atoms with Crippen LogP contribution in [0, 0.1) is 5.82 Å². The van der Waals surface area contributed by atoms with Gasteiger partial charge < -0.3 is 9.13 Å². The Morgan fingerprint density at radius 3 is 1.58 bits per heavy atom. The molecule has 2 nitrogen and oxygen atoms in total. The highest BCUT2D eigenvalue weighted by Crippen LogP contribution is 2.29. The summed E-state index contributed by atoms with van der Waals surface area (Å²) in [4.78, 5) is 0. The standard InChI is InChI=1S/C30H23FN2/c31-28-12-6-23(7-13-28)21-33-17-15-25-9-11-27(19-30(25)33)26-10-8-24-14-16-32(29(24)18-26)20-22-4-2-1-3-5-22/h1-19H,20-21H2. The first-order valence-electron chi connectivity index (χ1n) is 11.2. The maximum absolute atomic E-state index is 13.3. The summed E-state index contributed by atoms with van der Waals surface area (Å²) >= 11 is 0. The Morgan fingerprint density at radius 1 is 0.515 bits per heavy atom. The fourth-order valence-electron chi connectivity index (χ4n) is 4.57. The summed E-state index contributed by atoms with van der Waals surface area (Å²) in [6, 6.07) is 34.9. The molecule has 0 fully saturated rings. The van der Waals surface area contributed by atoms with Crippen molar-refractivity contribution in [2.45, 2.75) is 13.1 Å². The third-order valence-corrected chi connectivity index (χ3v) is 6.34. The van der Waals surface area contributed by atoms with Gasteiger partial charge in [0.1, 0.15) is 5.82 Å². The molecular weight excluding hydrogens is 407 g/mol. The molecule has 0 amide bonds. The zero-order valence-electron chi connectivity index (χ0n) is 18.2. The predicted octanol–water partition coefficient (Wildman–Crippen LogP) is 7.50. The summed E-state index contributed by atoms with van der Waals surface area (Å²) in [5, 5.41) is 2.45. The smallest absolute Gasteiger partial charge is 0.123 e. The largest absolute Gasteiger partial charge is 0.343 e. The number of rotatable bonds is 5. The topological polar surface area (TPSA) is 9.86 Å². The highest BCUT2D eigenvalue weighted by atomic mass is 19.1. The molecule has 0 aliphatic carbocycles. The maximum atomic E-state index is 13.3. The molecule has 0 saturated heterocycles. The normalized spacial score (nSPS) is 11.4. The van der Waals surface area contributed by atoms with E-state index in [4.69, 9.17) is 0 Å². The van der Waals surface area contributed by atoms with E-state index >= 15 is 0 Å². The van der Waals surface area contributed by atoms with Crippen LogP contribution in [0.5, 0.6) is 0 Å². The van der Waals surface area contributed by atoms with Crippen molar-refractivity contribution in [3.8, 4) is 11.1 Å². The van der Waals surface area contributed by atoms with E-state index < -0.39 is 0 Å². The monoisotopic (exact) mass is 430 g/mol. The van der Waals surface area contributed by atoms with Crippen LogP contribution >= 0.6 is 0 Å². The van der Waals surface area contributed by atoms with Gasteiger partial charge in [-0.25, -0.2) is 4.39 Å². The van der Waals surface area contributed by atoms with Crippen LogP contribution in [-0.2, 0) is 13.1 Å². The Bertz CT molecular complexity index is 1560. The Hall–Kier alpha value is -4.11. The van der Waals surface area contributed by atoms with Crippen molar-refractivity contribution in [1.29, 1.82) is 0 Å². The molecule has 160 valence electrons. The fourth-order valence-corrected chi connectivity index (χ4v) is 4.57. The van der Waals surface area contributed by atoms with Crippen LogP contribution in [0.3, 0.4) is 0 Å². The Labute approximate surface area is 192 Å². The SMILES string of the molecule is Fc1ccc(Cn2ccc3ccc(-c4ccc5ccn(Cc6ccccc6)c5c4)cc32)cc1. The van der Waals surface area contributed by atoms with E-state index in [9.17, 15) is 4.39 Å². The number of benzene rings is 4. The summed E-state index contributed by atoms with van der Waals surface area (Å²) in [5.41, 5.74) is 7.18. The van der Waals surface area contributed by atoms with Crippen molar-refractivity contribution >= 4 is 21.8 Å². The first-order chi connectivity index (χ1) is 16.2. The van der Waals surface area contributed by atoms with E-state index in [1.54, 1.807) is 0 Å². The Balaban J connectivity index is 1.37. The van der Waals surface area contributed by atoms with Gasteiger partial charge in [0.25, 0.3) is 0 Å². The molecule has 0 N–H and O–H groups in total. The molecule has 0 atom stereocenters. The fraction of sp³-hybridized carbons (Fsp3) is 0.0667. The molecule has 3 heteroatoms. The lowest BCUT2D eigenvalue weighted by atomic mass is 10.0. The lowest BCUT2D eigenvalue weighted by molar-refractivity contribution is 0.626. The van der Waals surface area contributed by atoms with Crippen LogP contribution in [-0.4, -0.2) is 9.13 Å². The van der Waals surface area contributed by atoms with E-state index in [0.29, 0.717) is 6.54 Å². The molecule has 33 heavy (non-hydrogen) atoms. The van der Waals surface area contributed by atoms with Crippen LogP contribution in [0.1, 0.15) is 11.1 Å². The molecular formula is C30H23FN2. The summed E-state index contributed by atoms with van der Waals surface area (Å²) < 4.78 is 17.8. The molecule has 0 unspecified atom stereocenters. The number of hydrogen-bond acceptors (Lipinski definition) is 0. The second-order valence-corrected chi connectivity index (χ2v) is 8.55. The van der Waals surface area contributed by atoms with Gasteiger partial charge in [-0.3, -0.25) is 0 Å². The Kier molecular flexibility index (Phi) is 4.80. The number of aromatic nitrogens is 2. The first kappa shape index (κ1) is 19.6. The van der Waals surface area contributed by atoms with Crippen LogP contribution in [0.15, 0.2) is 116 Å². The van der Waals surface area contributed by atoms with Crippen LogP contribution < -0.4 is 0 Å². The molecule has 0 aliphatic rings. The number of halogens is 1. The molecule has 0 aliphatic heterocycles. The quantitative estimate of drug-likeness (QED) is 0.268. The molecule has 6 aromatic rings. The van der Waals surface area contributed by atoms with Gasteiger partial charge >= 0.3 is 0 Å². The number of hydrogen-bond donors (Lipinski definition) is 0. The summed E-state index contributed by atoms with van der Waals surface area (Å²) in [6.07, 6.45) is 4.27. The molecule has 0 saturated carbocycles. The van der Waals surface area contributed by atoms with Gasteiger partial charge in [-0.15, -0.1) is 0 Å². The van der Waals surface area contributed by atoms with Gasteiger partial charge in [0.2, 0.25) is 0 Å². The van der Waals surface area contributed by atoms with E-state index in [0.717, 1.165) is 12.1 Å². The lowest BCUT2D eigenvalue weighted by Gasteiger charge is -2.10. The van der Waals surface area contributed by atoms with Crippen LogP contribution in [0.25, 0.3) is 32.9 Å². The molecule has 2 aromatic heterocycles. The molecule has 4 aromatic carbocycles. The van der Waals surface area contributed by atoms with E-state index in [-0.39, 0.29) is 5.82 Å². The van der Waals surface area contributed by atoms with E-state index in [1.165, 1.54) is 50.6 Å². The van der Waals surface area contributed by atoms with Crippen molar-refractivity contribution < 1.29 is 4.39 Å². The van der Waals surface area contributed by atoms with Crippen molar-refractivity contribution in [2.24, 2.45) is 0 Å². The zero-order chi connectivity index (χ0) is 22.2. The van der Waals surface area contributed by atoms with Crippen LogP contribution in [0.2, 0.25) is 0 Å². The Morgan fingerprint density at radius 2 is 1.03 bits per heavy atom. The number of nitrogens with zero attached hydrogens (tertiary/aromatic N) is 2. The highest BCUT2D eigenvalue weighted by Gasteiger charge is 2.08.